The second-order valence-corrected chi connectivity index (χ2v) is 2.07. The SMILES string of the molecule is CCc1bccc(F)c1F. The number of hydrogen-bond acceptors (Lipinski definition) is 0. The van der Waals surface area contributed by atoms with Crippen LogP contribution in [0.25, 0.3) is 0 Å². The van der Waals surface area contributed by atoms with E-state index in [2.05, 4.69) is 0 Å². The Kier molecular flexibility index (Phi) is 2.15. The molecule has 0 atom stereocenters. The fourth-order valence-corrected chi connectivity index (χ4v) is 0.822. The van der Waals surface area contributed by atoms with Crippen molar-refractivity contribution in [2.24, 2.45) is 0 Å². The van der Waals surface area contributed by atoms with Gasteiger partial charge in [0, 0.05) is 0 Å². The van der Waals surface area contributed by atoms with Crippen LogP contribution in [0, 0.1) is 11.6 Å². The molecule has 0 bridgehead atoms. The van der Waals surface area contributed by atoms with Gasteiger partial charge in [0.2, 0.25) is 0 Å². The molecule has 0 N–H and O–H groups in total. The Morgan fingerprint density at radius 3 is 2.70 bits per heavy atom. The molecule has 1 rings (SSSR count). The summed E-state index contributed by atoms with van der Waals surface area (Å²) >= 11 is 0. The molecule has 10 heavy (non-hydrogen) atoms. The molecule has 1 aromatic heterocycles. The maximum absolute atomic E-state index is 12.6. The summed E-state index contributed by atoms with van der Waals surface area (Å²) in [5.74, 6) is 0.0291. The van der Waals surface area contributed by atoms with Gasteiger partial charge in [-0.3, -0.25) is 0 Å². The summed E-state index contributed by atoms with van der Waals surface area (Å²) in [6.07, 6.45) is 0.531. The predicted octanol–water partition coefficient (Wildman–Crippen LogP) is 1.87. The van der Waals surface area contributed by atoms with Crippen LogP contribution in [0.4, 0.5) is 8.78 Å². The predicted molar refractivity (Wildman–Crippen MR) is 37.1 cm³/mol. The first kappa shape index (κ1) is 7.38. The van der Waals surface area contributed by atoms with Gasteiger partial charge in [0.25, 0.3) is 0 Å². The third-order valence-corrected chi connectivity index (χ3v) is 1.41. The summed E-state index contributed by atoms with van der Waals surface area (Å²) in [5.41, 5.74) is 0.431. The van der Waals surface area contributed by atoms with Gasteiger partial charge in [0.1, 0.15) is 0 Å². The molecule has 0 amide bonds. The average molecular weight is 140 g/mol. The average Bonchev–Trinajstić information content (AvgIpc) is 1.95. The molecular weight excluding hydrogens is 133 g/mol. The van der Waals surface area contributed by atoms with Crippen molar-refractivity contribution in [1.29, 1.82) is 0 Å². The molecular formula is C7H7BF2. The molecule has 0 unspecified atom stereocenters. The molecule has 0 fully saturated rings. The second-order valence-electron chi connectivity index (χ2n) is 2.07. The molecule has 0 saturated heterocycles. The zero-order valence-corrected chi connectivity index (χ0v) is 5.70. The van der Waals surface area contributed by atoms with Crippen LogP contribution in [0.15, 0.2) is 12.0 Å². The van der Waals surface area contributed by atoms with Crippen molar-refractivity contribution in [2.75, 3.05) is 0 Å². The fourth-order valence-electron chi connectivity index (χ4n) is 0.822. The molecule has 0 spiro atoms. The number of halogens is 2. The molecule has 0 saturated carbocycles. The molecule has 0 nitrogen and oxygen atoms in total. The summed E-state index contributed by atoms with van der Waals surface area (Å²) in [6.45, 7) is 3.37. The molecule has 0 aromatic carbocycles. The molecule has 3 heteroatoms. The zero-order valence-electron chi connectivity index (χ0n) is 5.70. The number of hydrogen-bond donors (Lipinski definition) is 0. The van der Waals surface area contributed by atoms with Gasteiger partial charge in [-0.2, -0.15) is 0 Å². The molecule has 0 aliphatic heterocycles. The Morgan fingerprint density at radius 1 is 1.50 bits per heavy atom. The van der Waals surface area contributed by atoms with E-state index < -0.39 is 11.6 Å². The van der Waals surface area contributed by atoms with Gasteiger partial charge in [-0.1, -0.05) is 0 Å². The van der Waals surface area contributed by atoms with Gasteiger partial charge in [-0.05, 0) is 0 Å². The minimum atomic E-state index is -0.764. The summed E-state index contributed by atoms with van der Waals surface area (Å²) in [6, 6.07) is 1.12. The van der Waals surface area contributed by atoms with E-state index in [-0.39, 0.29) is 0 Å². The van der Waals surface area contributed by atoms with E-state index >= 15 is 0 Å². The Morgan fingerprint density at radius 2 is 2.20 bits per heavy atom. The zero-order chi connectivity index (χ0) is 7.56. The number of aryl methyl sites for hydroxylation is 1. The van der Waals surface area contributed by atoms with Crippen LogP contribution in [0.2, 0.25) is 0 Å². The molecule has 0 aliphatic carbocycles. The van der Waals surface area contributed by atoms with Crippen molar-refractivity contribution in [3.05, 3.63) is 29.1 Å². The van der Waals surface area contributed by atoms with E-state index in [1.165, 1.54) is 5.96 Å². The van der Waals surface area contributed by atoms with Crippen LogP contribution in [0.1, 0.15) is 12.4 Å². The second kappa shape index (κ2) is 2.91. The molecule has 52 valence electrons. The van der Waals surface area contributed by atoms with Gasteiger partial charge >= 0.3 is 58.2 Å². The van der Waals surface area contributed by atoms with Crippen molar-refractivity contribution >= 4 is 6.91 Å². The summed E-state index contributed by atoms with van der Waals surface area (Å²) in [7, 11) is 0. The first-order valence-corrected chi connectivity index (χ1v) is 3.18. The summed E-state index contributed by atoms with van der Waals surface area (Å²) < 4.78 is 25.0. The Hall–Kier alpha value is -0.725. The van der Waals surface area contributed by atoms with E-state index in [1.54, 1.807) is 13.8 Å². The minimum absolute atomic E-state index is 0.431. The van der Waals surface area contributed by atoms with Gasteiger partial charge in [-0.15, -0.1) is 0 Å². The van der Waals surface area contributed by atoms with Crippen molar-refractivity contribution < 1.29 is 8.78 Å². The van der Waals surface area contributed by atoms with Crippen LogP contribution >= 0.6 is 0 Å². The van der Waals surface area contributed by atoms with E-state index in [0.29, 0.717) is 11.9 Å². The summed E-state index contributed by atoms with van der Waals surface area (Å²) in [4.78, 5) is 0. The first-order valence-electron chi connectivity index (χ1n) is 3.18. The Labute approximate surface area is 59.1 Å². The standard InChI is InChI=1S/C7H7BF2/c1-2-5-7(10)6(9)3-4-8-5/h3-4H,2H2,1H3. The van der Waals surface area contributed by atoms with Crippen molar-refractivity contribution in [1.82, 2.24) is 0 Å². The Balaban J connectivity index is 3.14. The van der Waals surface area contributed by atoms with Crippen molar-refractivity contribution in [3.63, 3.8) is 0 Å². The van der Waals surface area contributed by atoms with E-state index in [0.717, 1.165) is 6.07 Å². The Bertz CT molecular complexity index is 235. The van der Waals surface area contributed by atoms with Crippen LogP contribution in [-0.2, 0) is 6.42 Å². The van der Waals surface area contributed by atoms with E-state index in [4.69, 9.17) is 0 Å². The third-order valence-electron chi connectivity index (χ3n) is 1.41. The quantitative estimate of drug-likeness (QED) is 0.558. The van der Waals surface area contributed by atoms with E-state index in [1.807, 2.05) is 0 Å². The van der Waals surface area contributed by atoms with Crippen molar-refractivity contribution in [2.45, 2.75) is 13.3 Å². The maximum atomic E-state index is 12.6. The molecule has 0 aliphatic rings. The van der Waals surface area contributed by atoms with Gasteiger partial charge in [-0.25, -0.2) is 0 Å². The summed E-state index contributed by atoms with van der Waals surface area (Å²) in [5, 5.41) is 0. The van der Waals surface area contributed by atoms with Crippen LogP contribution in [0.5, 0.6) is 0 Å². The molecule has 0 radical (unpaired) electrons. The van der Waals surface area contributed by atoms with Crippen LogP contribution < -0.4 is 0 Å². The number of rotatable bonds is 1. The van der Waals surface area contributed by atoms with E-state index in [9.17, 15) is 8.78 Å². The van der Waals surface area contributed by atoms with Gasteiger partial charge in [0.05, 0.1) is 0 Å². The first-order chi connectivity index (χ1) is 4.75. The van der Waals surface area contributed by atoms with Crippen LogP contribution in [-0.4, -0.2) is 6.91 Å². The van der Waals surface area contributed by atoms with Crippen LogP contribution in [0.3, 0.4) is 0 Å². The van der Waals surface area contributed by atoms with Gasteiger partial charge < -0.3 is 0 Å². The molecule has 1 aromatic rings. The fraction of sp³-hybridized carbons (Fsp3) is 0.286. The molecule has 1 heterocycles. The topological polar surface area (TPSA) is 0 Å². The monoisotopic (exact) mass is 140 g/mol. The normalized spacial score (nSPS) is 9.50. The van der Waals surface area contributed by atoms with Gasteiger partial charge in [0.15, 0.2) is 0 Å². The third kappa shape index (κ3) is 1.23. The van der Waals surface area contributed by atoms with Crippen molar-refractivity contribution in [3.8, 4) is 0 Å².